The van der Waals surface area contributed by atoms with E-state index in [1.807, 2.05) is 30.3 Å². The van der Waals surface area contributed by atoms with Gasteiger partial charge in [0, 0.05) is 35.0 Å². The fourth-order valence-electron chi connectivity index (χ4n) is 3.94. The van der Waals surface area contributed by atoms with Crippen LogP contribution in [0.25, 0.3) is 28.6 Å². The van der Waals surface area contributed by atoms with Crippen molar-refractivity contribution in [2.45, 2.75) is 18.8 Å². The van der Waals surface area contributed by atoms with Gasteiger partial charge in [0.15, 0.2) is 5.78 Å². The van der Waals surface area contributed by atoms with Crippen molar-refractivity contribution >= 4 is 11.9 Å². The molecular weight excluding hydrogens is 336 g/mol. The molecule has 5 rings (SSSR count). The van der Waals surface area contributed by atoms with Gasteiger partial charge in [0.05, 0.1) is 11.4 Å². The Bertz CT molecular complexity index is 1030. The van der Waals surface area contributed by atoms with Gasteiger partial charge in [0.1, 0.15) is 5.82 Å². The van der Waals surface area contributed by atoms with Crippen LogP contribution in [0.15, 0.2) is 48.8 Å². The zero-order chi connectivity index (χ0) is 18.2. The molecule has 3 heterocycles. The predicted molar refractivity (Wildman–Crippen MR) is 105 cm³/mol. The minimum Gasteiger partial charge on any atom is -0.341 e. The highest BCUT2D eigenvalue weighted by Crippen LogP contribution is 2.35. The summed E-state index contributed by atoms with van der Waals surface area (Å²) in [6, 6.07) is 9.96. The van der Waals surface area contributed by atoms with Gasteiger partial charge in [-0.05, 0) is 61.8 Å². The Morgan fingerprint density at radius 3 is 2.59 bits per heavy atom. The van der Waals surface area contributed by atoms with Gasteiger partial charge in [-0.1, -0.05) is 12.1 Å². The Labute approximate surface area is 157 Å². The molecule has 1 fully saturated rings. The SMILES string of the molecule is O=C1C=Cc2cc(-c3nc(C4CCNCC4)[nH]c3-c3ccncc3)ccc21. The number of carbonyl (C=O) groups is 1. The molecule has 0 unspecified atom stereocenters. The molecular formula is C22H20N4O. The Hall–Kier alpha value is -3.05. The van der Waals surface area contributed by atoms with E-state index < -0.39 is 0 Å². The second kappa shape index (κ2) is 6.59. The summed E-state index contributed by atoms with van der Waals surface area (Å²) >= 11 is 0. The van der Waals surface area contributed by atoms with Crippen molar-refractivity contribution in [3.05, 3.63) is 65.8 Å². The maximum atomic E-state index is 11.9. The normalized spacial score (nSPS) is 16.7. The molecule has 0 spiro atoms. The number of nitrogens with zero attached hydrogens (tertiary/aromatic N) is 2. The number of imidazole rings is 1. The molecule has 1 aliphatic carbocycles. The standard InChI is InChI=1S/C22H20N4O/c27-19-4-2-16-13-17(1-3-18(16)19)21-20(14-5-9-23-10-6-14)25-22(26-21)15-7-11-24-12-8-15/h1-6,9-10,13,15,24H,7-8,11-12H2,(H,25,26). The van der Waals surface area contributed by atoms with Crippen LogP contribution in [0.3, 0.4) is 0 Å². The molecule has 27 heavy (non-hydrogen) atoms. The first-order chi connectivity index (χ1) is 13.3. The van der Waals surface area contributed by atoms with Crippen LogP contribution in [0.1, 0.15) is 40.5 Å². The molecule has 2 aliphatic rings. The van der Waals surface area contributed by atoms with E-state index in [0.717, 1.165) is 65.4 Å². The van der Waals surface area contributed by atoms with E-state index >= 15 is 0 Å². The second-order valence-electron chi connectivity index (χ2n) is 7.11. The molecule has 1 aromatic carbocycles. The van der Waals surface area contributed by atoms with E-state index in [9.17, 15) is 4.79 Å². The monoisotopic (exact) mass is 356 g/mol. The van der Waals surface area contributed by atoms with Crippen LogP contribution in [-0.2, 0) is 0 Å². The second-order valence-corrected chi connectivity index (χ2v) is 7.11. The van der Waals surface area contributed by atoms with Crippen molar-refractivity contribution in [2.24, 2.45) is 0 Å². The lowest BCUT2D eigenvalue weighted by Crippen LogP contribution is -2.27. The van der Waals surface area contributed by atoms with Crippen molar-refractivity contribution < 1.29 is 4.79 Å². The Morgan fingerprint density at radius 2 is 1.78 bits per heavy atom. The zero-order valence-electron chi connectivity index (χ0n) is 14.9. The summed E-state index contributed by atoms with van der Waals surface area (Å²) in [4.78, 5) is 24.6. The van der Waals surface area contributed by atoms with Crippen LogP contribution >= 0.6 is 0 Å². The molecule has 1 aliphatic heterocycles. The lowest BCUT2D eigenvalue weighted by atomic mass is 9.97. The van der Waals surface area contributed by atoms with Crippen LogP contribution in [0, 0.1) is 0 Å². The quantitative estimate of drug-likeness (QED) is 0.748. The molecule has 5 nitrogen and oxygen atoms in total. The van der Waals surface area contributed by atoms with Crippen LogP contribution in [0.4, 0.5) is 0 Å². The molecule has 0 radical (unpaired) electrons. The number of aromatic nitrogens is 3. The molecule has 0 saturated carbocycles. The lowest BCUT2D eigenvalue weighted by Gasteiger charge is -2.20. The van der Waals surface area contributed by atoms with Crippen molar-refractivity contribution in [3.63, 3.8) is 0 Å². The summed E-state index contributed by atoms with van der Waals surface area (Å²) < 4.78 is 0. The number of rotatable bonds is 3. The molecule has 0 amide bonds. The first-order valence-corrected chi connectivity index (χ1v) is 9.37. The maximum absolute atomic E-state index is 11.9. The molecule has 134 valence electrons. The first kappa shape index (κ1) is 16.1. The number of nitrogens with one attached hydrogen (secondary N) is 2. The maximum Gasteiger partial charge on any atom is 0.186 e. The highest BCUT2D eigenvalue weighted by atomic mass is 16.1. The third-order valence-electron chi connectivity index (χ3n) is 5.42. The summed E-state index contributed by atoms with van der Waals surface area (Å²) in [7, 11) is 0. The fraction of sp³-hybridized carbons (Fsp3) is 0.227. The van der Waals surface area contributed by atoms with E-state index in [1.54, 1.807) is 18.5 Å². The van der Waals surface area contributed by atoms with Gasteiger partial charge in [0.25, 0.3) is 0 Å². The largest absolute Gasteiger partial charge is 0.341 e. The summed E-state index contributed by atoms with van der Waals surface area (Å²) in [6.45, 7) is 2.05. The summed E-state index contributed by atoms with van der Waals surface area (Å²) in [5.41, 5.74) is 5.77. The van der Waals surface area contributed by atoms with E-state index in [0.29, 0.717) is 5.92 Å². The van der Waals surface area contributed by atoms with Crippen LogP contribution < -0.4 is 5.32 Å². The third kappa shape index (κ3) is 2.90. The predicted octanol–water partition coefficient (Wildman–Crippen LogP) is 3.82. The zero-order valence-corrected chi connectivity index (χ0v) is 14.9. The summed E-state index contributed by atoms with van der Waals surface area (Å²) in [5.74, 6) is 1.56. The highest BCUT2D eigenvalue weighted by Gasteiger charge is 2.23. The minimum absolute atomic E-state index is 0.0725. The van der Waals surface area contributed by atoms with Gasteiger partial charge < -0.3 is 10.3 Å². The van der Waals surface area contributed by atoms with Gasteiger partial charge in [-0.15, -0.1) is 0 Å². The van der Waals surface area contributed by atoms with Gasteiger partial charge >= 0.3 is 0 Å². The Kier molecular flexibility index (Phi) is 3.94. The highest BCUT2D eigenvalue weighted by molar-refractivity contribution is 6.14. The lowest BCUT2D eigenvalue weighted by molar-refractivity contribution is 0.105. The Morgan fingerprint density at radius 1 is 0.963 bits per heavy atom. The van der Waals surface area contributed by atoms with Crippen LogP contribution in [0.5, 0.6) is 0 Å². The smallest absolute Gasteiger partial charge is 0.186 e. The third-order valence-corrected chi connectivity index (χ3v) is 5.42. The van der Waals surface area contributed by atoms with Crippen molar-refractivity contribution in [1.82, 2.24) is 20.3 Å². The Balaban J connectivity index is 1.63. The van der Waals surface area contributed by atoms with Crippen molar-refractivity contribution in [2.75, 3.05) is 13.1 Å². The number of allylic oxidation sites excluding steroid dienone is 1. The molecule has 5 heteroatoms. The van der Waals surface area contributed by atoms with Gasteiger partial charge in [-0.3, -0.25) is 9.78 Å². The number of fused-ring (bicyclic) bond motifs is 1. The molecule has 2 aromatic heterocycles. The minimum atomic E-state index is 0.0725. The molecule has 0 atom stereocenters. The van der Waals surface area contributed by atoms with Gasteiger partial charge in [-0.25, -0.2) is 4.98 Å². The van der Waals surface area contributed by atoms with Crippen LogP contribution in [0.2, 0.25) is 0 Å². The first-order valence-electron chi connectivity index (χ1n) is 9.37. The van der Waals surface area contributed by atoms with E-state index in [2.05, 4.69) is 21.4 Å². The average molecular weight is 356 g/mol. The average Bonchev–Trinajstić information content (AvgIpc) is 3.33. The summed E-state index contributed by atoms with van der Waals surface area (Å²) in [5, 5.41) is 3.41. The number of piperidine rings is 1. The fourth-order valence-corrected chi connectivity index (χ4v) is 3.94. The number of carbonyl (C=O) groups excluding carboxylic acids is 1. The van der Waals surface area contributed by atoms with Gasteiger partial charge in [0.2, 0.25) is 0 Å². The van der Waals surface area contributed by atoms with Gasteiger partial charge in [-0.2, -0.15) is 0 Å². The van der Waals surface area contributed by atoms with E-state index in [1.165, 1.54) is 0 Å². The van der Waals surface area contributed by atoms with Crippen molar-refractivity contribution in [3.8, 4) is 22.5 Å². The number of hydrogen-bond acceptors (Lipinski definition) is 4. The number of pyridine rings is 1. The van der Waals surface area contributed by atoms with Crippen LogP contribution in [-0.4, -0.2) is 33.8 Å². The van der Waals surface area contributed by atoms with E-state index in [-0.39, 0.29) is 5.78 Å². The number of benzene rings is 1. The van der Waals surface area contributed by atoms with E-state index in [4.69, 9.17) is 4.98 Å². The number of H-pyrrole nitrogens is 1. The molecule has 1 saturated heterocycles. The molecule has 3 aromatic rings. The summed E-state index contributed by atoms with van der Waals surface area (Å²) in [6.07, 6.45) is 9.29. The number of ketones is 1. The number of hydrogen-bond donors (Lipinski definition) is 2. The van der Waals surface area contributed by atoms with Crippen molar-refractivity contribution in [1.29, 1.82) is 0 Å². The topological polar surface area (TPSA) is 70.7 Å². The molecule has 0 bridgehead atoms. The number of aromatic amines is 1. The molecule has 2 N–H and O–H groups in total.